The maximum atomic E-state index is 6.55. The Labute approximate surface area is 165 Å². The minimum absolute atomic E-state index is 0.0830. The lowest BCUT2D eigenvalue weighted by Crippen LogP contribution is -2.47. The number of nitrogens with one attached hydrogen (secondary N) is 1. The summed E-state index contributed by atoms with van der Waals surface area (Å²) in [5.74, 6) is 4.00. The number of terminal acetylenes is 1. The number of benzene rings is 1. The van der Waals surface area contributed by atoms with Crippen molar-refractivity contribution in [3.05, 3.63) is 47.9 Å². The molecule has 1 aromatic rings. The van der Waals surface area contributed by atoms with Gasteiger partial charge in [0.1, 0.15) is 18.5 Å². The van der Waals surface area contributed by atoms with E-state index in [0.29, 0.717) is 25.5 Å². The van der Waals surface area contributed by atoms with Gasteiger partial charge < -0.3 is 19.2 Å². The molecule has 5 heteroatoms. The second kappa shape index (κ2) is 10.4. The maximum absolute atomic E-state index is 6.55. The van der Waals surface area contributed by atoms with E-state index in [-0.39, 0.29) is 11.1 Å². The highest BCUT2D eigenvalue weighted by atomic mass is 28.4. The lowest BCUT2D eigenvalue weighted by molar-refractivity contribution is 0.100. The van der Waals surface area contributed by atoms with E-state index in [1.807, 2.05) is 24.3 Å². The first-order chi connectivity index (χ1) is 12.6. The van der Waals surface area contributed by atoms with Crippen molar-refractivity contribution >= 4 is 8.32 Å². The predicted octanol–water partition coefficient (Wildman–Crippen LogP) is 4.49. The van der Waals surface area contributed by atoms with Crippen LogP contribution in [0.4, 0.5) is 0 Å². The summed E-state index contributed by atoms with van der Waals surface area (Å²) >= 11 is 0. The van der Waals surface area contributed by atoms with E-state index in [1.165, 1.54) is 0 Å². The predicted molar refractivity (Wildman–Crippen MR) is 114 cm³/mol. The molecule has 0 saturated carbocycles. The summed E-state index contributed by atoms with van der Waals surface area (Å²) in [5, 5.41) is 3.30. The molecule has 0 fully saturated rings. The topological polar surface area (TPSA) is 39.7 Å². The minimum atomic E-state index is -2.00. The molecule has 1 unspecified atom stereocenters. The molecular weight excluding hydrogens is 354 g/mol. The molecule has 0 amide bonds. The van der Waals surface area contributed by atoms with Gasteiger partial charge in [0.25, 0.3) is 0 Å². The SMILES string of the molecule is C#CCNCC(O[Si](C)(C)C(C)(C)C)C(=C=C)OCc1ccc(OC)cc1. The number of hydrogen-bond donors (Lipinski definition) is 1. The smallest absolute Gasteiger partial charge is 0.193 e. The van der Waals surface area contributed by atoms with Gasteiger partial charge in [0, 0.05) is 6.54 Å². The molecule has 0 spiro atoms. The lowest BCUT2D eigenvalue weighted by Gasteiger charge is -2.39. The van der Waals surface area contributed by atoms with Crippen LogP contribution in [-0.4, -0.2) is 34.6 Å². The minimum Gasteiger partial charge on any atom is -0.497 e. The molecule has 27 heavy (non-hydrogen) atoms. The van der Waals surface area contributed by atoms with Crippen molar-refractivity contribution in [2.45, 2.75) is 51.6 Å². The van der Waals surface area contributed by atoms with Crippen LogP contribution in [0.1, 0.15) is 26.3 Å². The standard InChI is InChI=1S/C22H33NO3Si/c1-9-15-23-16-21(26-27(7,8)22(3,4)5)20(10-2)25-17-18-11-13-19(24-6)14-12-18/h1,11-14,21,23H,2,15-17H2,3-8H3. The molecule has 0 aliphatic heterocycles. The molecule has 148 valence electrons. The first kappa shape index (κ1) is 23.1. The Kier molecular flexibility index (Phi) is 8.88. The third-order valence-corrected chi connectivity index (χ3v) is 9.31. The van der Waals surface area contributed by atoms with Crippen LogP contribution in [0.5, 0.6) is 5.75 Å². The molecule has 4 nitrogen and oxygen atoms in total. The van der Waals surface area contributed by atoms with Crippen molar-refractivity contribution in [2.24, 2.45) is 0 Å². The van der Waals surface area contributed by atoms with Crippen LogP contribution in [0, 0.1) is 12.3 Å². The first-order valence-electron chi connectivity index (χ1n) is 9.12. The van der Waals surface area contributed by atoms with Crippen LogP contribution in [0.25, 0.3) is 0 Å². The molecule has 0 bridgehead atoms. The average molecular weight is 388 g/mol. The summed E-state index contributed by atoms with van der Waals surface area (Å²) in [7, 11) is -0.356. The largest absolute Gasteiger partial charge is 0.497 e. The van der Waals surface area contributed by atoms with Gasteiger partial charge in [-0.05, 0) is 35.8 Å². The Hall–Kier alpha value is -1.96. The molecular formula is C22H33NO3Si. The molecule has 0 saturated heterocycles. The van der Waals surface area contributed by atoms with Crippen LogP contribution in [0.2, 0.25) is 18.1 Å². The second-order valence-corrected chi connectivity index (χ2v) is 12.6. The van der Waals surface area contributed by atoms with Gasteiger partial charge in [-0.15, -0.1) is 6.42 Å². The van der Waals surface area contributed by atoms with Gasteiger partial charge >= 0.3 is 0 Å². The molecule has 0 aliphatic carbocycles. The Morgan fingerprint density at radius 2 is 1.89 bits per heavy atom. The van der Waals surface area contributed by atoms with Gasteiger partial charge in [0.15, 0.2) is 14.1 Å². The molecule has 1 atom stereocenters. The number of hydrogen-bond acceptors (Lipinski definition) is 4. The monoisotopic (exact) mass is 387 g/mol. The van der Waals surface area contributed by atoms with Crippen LogP contribution in [-0.2, 0) is 15.8 Å². The fourth-order valence-electron chi connectivity index (χ4n) is 2.14. The van der Waals surface area contributed by atoms with Crippen molar-refractivity contribution < 1.29 is 13.9 Å². The summed E-state index contributed by atoms with van der Waals surface area (Å²) in [4.78, 5) is 0. The first-order valence-corrected chi connectivity index (χ1v) is 12.0. The van der Waals surface area contributed by atoms with Crippen molar-refractivity contribution in [1.29, 1.82) is 0 Å². The van der Waals surface area contributed by atoms with Crippen LogP contribution >= 0.6 is 0 Å². The van der Waals surface area contributed by atoms with Gasteiger partial charge in [0.2, 0.25) is 0 Å². The maximum Gasteiger partial charge on any atom is 0.193 e. The normalized spacial score (nSPS) is 12.6. The highest BCUT2D eigenvalue weighted by Crippen LogP contribution is 2.38. The van der Waals surface area contributed by atoms with Crippen molar-refractivity contribution in [1.82, 2.24) is 5.32 Å². The zero-order valence-electron chi connectivity index (χ0n) is 17.5. The Morgan fingerprint density at radius 3 is 2.37 bits per heavy atom. The summed E-state index contributed by atoms with van der Waals surface area (Å²) < 4.78 is 17.7. The van der Waals surface area contributed by atoms with E-state index in [2.05, 4.69) is 57.4 Å². The highest BCUT2D eigenvalue weighted by Gasteiger charge is 2.40. The lowest BCUT2D eigenvalue weighted by atomic mass is 10.2. The fraction of sp³-hybridized carbons (Fsp3) is 0.500. The summed E-state index contributed by atoms with van der Waals surface area (Å²) in [6.45, 7) is 16.3. The zero-order valence-corrected chi connectivity index (χ0v) is 18.5. The summed E-state index contributed by atoms with van der Waals surface area (Å²) in [6.07, 6.45) is 5.07. The molecule has 0 radical (unpaired) electrons. The third-order valence-electron chi connectivity index (χ3n) is 4.82. The van der Waals surface area contributed by atoms with E-state index in [4.69, 9.17) is 20.3 Å². The van der Waals surface area contributed by atoms with E-state index in [1.54, 1.807) is 7.11 Å². The third kappa shape index (κ3) is 7.28. The Balaban J connectivity index is 2.88. The Morgan fingerprint density at radius 1 is 1.26 bits per heavy atom. The van der Waals surface area contributed by atoms with Crippen LogP contribution in [0.15, 0.2) is 42.3 Å². The van der Waals surface area contributed by atoms with Gasteiger partial charge in [-0.25, -0.2) is 0 Å². The van der Waals surface area contributed by atoms with E-state index >= 15 is 0 Å². The molecule has 0 aromatic heterocycles. The van der Waals surface area contributed by atoms with E-state index in [9.17, 15) is 0 Å². The molecule has 1 rings (SSSR count). The Bertz CT molecular complexity index is 677. The quantitative estimate of drug-likeness (QED) is 0.211. The molecule has 0 heterocycles. The van der Waals surface area contributed by atoms with Crippen molar-refractivity contribution in [3.8, 4) is 18.1 Å². The van der Waals surface area contributed by atoms with E-state index < -0.39 is 8.32 Å². The number of methoxy groups -OCH3 is 1. The fourth-order valence-corrected chi connectivity index (χ4v) is 3.39. The van der Waals surface area contributed by atoms with Crippen molar-refractivity contribution in [3.63, 3.8) is 0 Å². The highest BCUT2D eigenvalue weighted by molar-refractivity contribution is 6.74. The van der Waals surface area contributed by atoms with Crippen LogP contribution < -0.4 is 10.1 Å². The zero-order chi connectivity index (χ0) is 20.5. The van der Waals surface area contributed by atoms with Gasteiger partial charge in [-0.1, -0.05) is 51.1 Å². The molecule has 1 N–H and O–H groups in total. The average Bonchev–Trinajstić information content (AvgIpc) is 2.61. The van der Waals surface area contributed by atoms with Crippen LogP contribution in [0.3, 0.4) is 0 Å². The van der Waals surface area contributed by atoms with Gasteiger partial charge in [-0.3, -0.25) is 0 Å². The summed E-state index contributed by atoms with van der Waals surface area (Å²) in [5.41, 5.74) is 3.95. The van der Waals surface area contributed by atoms with Gasteiger partial charge in [0.05, 0.1) is 13.7 Å². The van der Waals surface area contributed by atoms with Crippen molar-refractivity contribution in [2.75, 3.05) is 20.2 Å². The number of rotatable bonds is 10. The second-order valence-electron chi connectivity index (χ2n) is 7.88. The molecule has 0 aliphatic rings. The number of ether oxygens (including phenoxy) is 2. The molecule has 1 aromatic carbocycles. The summed E-state index contributed by atoms with van der Waals surface area (Å²) in [6, 6.07) is 7.77. The van der Waals surface area contributed by atoms with E-state index in [0.717, 1.165) is 11.3 Å². The van der Waals surface area contributed by atoms with Gasteiger partial charge in [-0.2, -0.15) is 0 Å².